The number of aryl methyl sites for hydroxylation is 1. The lowest BCUT2D eigenvalue weighted by Gasteiger charge is -2.30. The molecule has 0 spiro atoms. The summed E-state index contributed by atoms with van der Waals surface area (Å²) in [7, 11) is 0. The molecular weight excluding hydrogens is 402 g/mol. The van der Waals surface area contributed by atoms with E-state index in [0.29, 0.717) is 17.9 Å². The third-order valence-corrected chi connectivity index (χ3v) is 5.97. The third-order valence-electron chi connectivity index (χ3n) is 5.97. The number of anilines is 1. The van der Waals surface area contributed by atoms with Gasteiger partial charge in [-0.15, -0.1) is 0 Å². The van der Waals surface area contributed by atoms with Crippen LogP contribution in [0.15, 0.2) is 42.5 Å². The number of amides is 2. The monoisotopic (exact) mass is 437 g/mol. The molecule has 172 valence electrons. The molecule has 0 aliphatic carbocycles. The number of rotatable bonds is 10. The zero-order valence-electron chi connectivity index (χ0n) is 19.7. The number of nitrogens with one attached hydrogen (secondary N) is 1. The van der Waals surface area contributed by atoms with Crippen molar-refractivity contribution in [2.24, 2.45) is 0 Å². The number of ether oxygens (including phenoxy) is 1. The first-order chi connectivity index (χ1) is 15.4. The molecule has 0 saturated carbocycles. The van der Waals surface area contributed by atoms with Gasteiger partial charge < -0.3 is 19.9 Å². The molecular formula is C26H35N3O3. The highest BCUT2D eigenvalue weighted by atomic mass is 16.5. The molecule has 6 nitrogen and oxygen atoms in total. The molecule has 2 amide bonds. The summed E-state index contributed by atoms with van der Waals surface area (Å²) in [6.45, 7) is 12.0. The van der Waals surface area contributed by atoms with E-state index < -0.39 is 0 Å². The molecule has 1 unspecified atom stereocenters. The Kier molecular flexibility index (Phi) is 8.28. The van der Waals surface area contributed by atoms with Crippen molar-refractivity contribution >= 4 is 17.5 Å². The normalized spacial score (nSPS) is 14.2. The summed E-state index contributed by atoms with van der Waals surface area (Å²) >= 11 is 0. The highest BCUT2D eigenvalue weighted by Crippen LogP contribution is 2.33. The van der Waals surface area contributed by atoms with Crippen molar-refractivity contribution in [3.63, 3.8) is 0 Å². The van der Waals surface area contributed by atoms with Crippen molar-refractivity contribution in [1.29, 1.82) is 0 Å². The van der Waals surface area contributed by atoms with E-state index in [2.05, 4.69) is 31.0 Å². The molecule has 0 fully saturated rings. The van der Waals surface area contributed by atoms with E-state index >= 15 is 0 Å². The van der Waals surface area contributed by atoms with Gasteiger partial charge in [-0.1, -0.05) is 32.0 Å². The molecule has 0 aromatic heterocycles. The number of hydrogen-bond acceptors (Lipinski definition) is 4. The minimum atomic E-state index is -0.0835. The van der Waals surface area contributed by atoms with Gasteiger partial charge >= 0.3 is 0 Å². The maximum atomic E-state index is 12.8. The molecule has 2 aromatic rings. The minimum Gasteiger partial charge on any atom is -0.482 e. The third kappa shape index (κ3) is 6.10. The van der Waals surface area contributed by atoms with Gasteiger partial charge in [-0.3, -0.25) is 9.59 Å². The fourth-order valence-corrected chi connectivity index (χ4v) is 4.02. The Bertz CT molecular complexity index is 940. The van der Waals surface area contributed by atoms with Crippen molar-refractivity contribution in [1.82, 2.24) is 10.2 Å². The van der Waals surface area contributed by atoms with Gasteiger partial charge in [0.1, 0.15) is 5.75 Å². The molecule has 1 N–H and O–H groups in total. The average Bonchev–Trinajstić information content (AvgIpc) is 2.79. The van der Waals surface area contributed by atoms with Crippen molar-refractivity contribution in [2.45, 2.75) is 53.1 Å². The zero-order chi connectivity index (χ0) is 23.1. The van der Waals surface area contributed by atoms with E-state index in [-0.39, 0.29) is 24.5 Å². The van der Waals surface area contributed by atoms with Gasteiger partial charge in [-0.05, 0) is 81.7 Å². The molecule has 2 aromatic carbocycles. The Morgan fingerprint density at radius 1 is 1.19 bits per heavy atom. The number of fused-ring (bicyclic) bond motifs is 1. The molecule has 6 heteroatoms. The topological polar surface area (TPSA) is 61.9 Å². The lowest BCUT2D eigenvalue weighted by atomic mass is 10.1. The van der Waals surface area contributed by atoms with Gasteiger partial charge in [-0.25, -0.2) is 0 Å². The van der Waals surface area contributed by atoms with E-state index in [9.17, 15) is 9.59 Å². The summed E-state index contributed by atoms with van der Waals surface area (Å²) in [6.07, 6.45) is 2.00. The zero-order valence-corrected chi connectivity index (χ0v) is 19.7. The molecule has 0 radical (unpaired) electrons. The molecule has 1 atom stereocenters. The smallest absolute Gasteiger partial charge is 0.265 e. The minimum absolute atomic E-state index is 0.0290. The quantitative estimate of drug-likeness (QED) is 0.606. The Morgan fingerprint density at radius 2 is 1.97 bits per heavy atom. The second-order valence-electron chi connectivity index (χ2n) is 8.48. The van der Waals surface area contributed by atoms with Gasteiger partial charge in [0.05, 0.1) is 12.2 Å². The summed E-state index contributed by atoms with van der Waals surface area (Å²) in [5.74, 6) is 0.550. The first-order valence-corrected chi connectivity index (χ1v) is 11.6. The van der Waals surface area contributed by atoms with Gasteiger partial charge in [0.2, 0.25) is 0 Å². The van der Waals surface area contributed by atoms with E-state index in [0.717, 1.165) is 49.3 Å². The van der Waals surface area contributed by atoms with Crippen molar-refractivity contribution in [2.75, 3.05) is 31.1 Å². The van der Waals surface area contributed by atoms with Crippen LogP contribution in [0.1, 0.15) is 55.1 Å². The molecule has 32 heavy (non-hydrogen) atoms. The van der Waals surface area contributed by atoms with Crippen molar-refractivity contribution in [3.8, 4) is 5.75 Å². The molecule has 1 aliphatic rings. The maximum Gasteiger partial charge on any atom is 0.265 e. The number of hydrogen-bond donors (Lipinski definition) is 1. The second kappa shape index (κ2) is 11.1. The van der Waals surface area contributed by atoms with Crippen LogP contribution in [0, 0.1) is 6.92 Å². The van der Waals surface area contributed by atoms with E-state index in [1.165, 1.54) is 0 Å². The maximum absolute atomic E-state index is 12.8. The Hall–Kier alpha value is -2.86. The lowest BCUT2D eigenvalue weighted by molar-refractivity contribution is -0.121. The van der Waals surface area contributed by atoms with Gasteiger partial charge in [0.15, 0.2) is 6.61 Å². The van der Waals surface area contributed by atoms with Crippen LogP contribution in [0.2, 0.25) is 0 Å². The highest BCUT2D eigenvalue weighted by molar-refractivity contribution is 5.98. The number of nitrogens with zero attached hydrogens (tertiary/aromatic N) is 2. The predicted octanol–water partition coefficient (Wildman–Crippen LogP) is 4.16. The van der Waals surface area contributed by atoms with Gasteiger partial charge in [0, 0.05) is 11.6 Å². The molecule has 1 aliphatic heterocycles. The van der Waals surface area contributed by atoms with Gasteiger partial charge in [0.25, 0.3) is 11.8 Å². The fraction of sp³-hybridized carbons (Fsp3) is 0.462. The molecule has 3 rings (SSSR count). The fourth-order valence-electron chi connectivity index (χ4n) is 4.02. The SMILES string of the molecule is CCN(CC)CCCC(C)NC(=O)c1cccc(CN2C(=O)COc3ccc(C)cc32)c1. The first kappa shape index (κ1) is 23.8. The summed E-state index contributed by atoms with van der Waals surface area (Å²) in [5, 5.41) is 3.11. The Labute approximate surface area is 191 Å². The van der Waals surface area contributed by atoms with Crippen LogP contribution in [0.3, 0.4) is 0 Å². The van der Waals surface area contributed by atoms with Crippen LogP contribution >= 0.6 is 0 Å². The van der Waals surface area contributed by atoms with E-state index in [1.54, 1.807) is 4.90 Å². The first-order valence-electron chi connectivity index (χ1n) is 11.6. The lowest BCUT2D eigenvalue weighted by Crippen LogP contribution is -2.38. The van der Waals surface area contributed by atoms with E-state index in [1.807, 2.05) is 49.4 Å². The van der Waals surface area contributed by atoms with Crippen LogP contribution in [0.4, 0.5) is 5.69 Å². The van der Waals surface area contributed by atoms with Gasteiger partial charge in [-0.2, -0.15) is 0 Å². The van der Waals surface area contributed by atoms with Crippen LogP contribution in [-0.2, 0) is 11.3 Å². The van der Waals surface area contributed by atoms with Crippen LogP contribution in [0.5, 0.6) is 5.75 Å². The summed E-state index contributed by atoms with van der Waals surface area (Å²) in [5.41, 5.74) is 3.37. The van der Waals surface area contributed by atoms with Crippen molar-refractivity contribution in [3.05, 3.63) is 59.2 Å². The predicted molar refractivity (Wildman–Crippen MR) is 128 cm³/mol. The van der Waals surface area contributed by atoms with E-state index in [4.69, 9.17) is 4.74 Å². The second-order valence-corrected chi connectivity index (χ2v) is 8.48. The number of carbonyl (C=O) groups excluding carboxylic acids is 2. The van der Waals surface area contributed by atoms with Crippen LogP contribution in [0.25, 0.3) is 0 Å². The van der Waals surface area contributed by atoms with Crippen molar-refractivity contribution < 1.29 is 14.3 Å². The number of carbonyl (C=O) groups is 2. The molecule has 0 bridgehead atoms. The summed E-state index contributed by atoms with van der Waals surface area (Å²) in [6, 6.07) is 13.5. The van der Waals surface area contributed by atoms with Crippen LogP contribution in [-0.4, -0.2) is 49.0 Å². The summed E-state index contributed by atoms with van der Waals surface area (Å²) in [4.78, 5) is 29.5. The Morgan fingerprint density at radius 3 is 2.72 bits per heavy atom. The summed E-state index contributed by atoms with van der Waals surface area (Å²) < 4.78 is 5.57. The number of benzene rings is 2. The Balaban J connectivity index is 1.63. The molecule has 0 saturated heterocycles. The largest absolute Gasteiger partial charge is 0.482 e. The highest BCUT2D eigenvalue weighted by Gasteiger charge is 2.26. The van der Waals surface area contributed by atoms with Crippen LogP contribution < -0.4 is 15.0 Å². The average molecular weight is 438 g/mol. The standard InChI is InChI=1S/C26H35N3O3/c1-5-28(6-2)14-8-9-20(4)27-26(31)22-11-7-10-21(16-22)17-29-23-15-19(3)12-13-24(23)32-18-25(29)30/h7,10-13,15-16,20H,5-6,8-9,14,17-18H2,1-4H3,(H,27,31). The molecule has 1 heterocycles.